The normalized spacial score (nSPS) is 11.0. The molecular formula is C16H16N2S. The summed E-state index contributed by atoms with van der Waals surface area (Å²) < 4.78 is 1.25. The Hall–Kier alpha value is -1.87. The number of rotatable bonds is 3. The zero-order valence-corrected chi connectivity index (χ0v) is 11.7. The van der Waals surface area contributed by atoms with Gasteiger partial charge in [0, 0.05) is 12.1 Å². The number of nitrogens with zero attached hydrogens (tertiary/aromatic N) is 1. The van der Waals surface area contributed by atoms with Crippen molar-refractivity contribution in [1.82, 2.24) is 4.98 Å². The van der Waals surface area contributed by atoms with Gasteiger partial charge in [0.05, 0.1) is 15.2 Å². The second-order valence-electron chi connectivity index (χ2n) is 4.64. The van der Waals surface area contributed by atoms with Gasteiger partial charge in [0.25, 0.3) is 0 Å². The van der Waals surface area contributed by atoms with Crippen LogP contribution in [0, 0.1) is 0 Å². The molecule has 1 aromatic heterocycles. The first-order valence-corrected chi connectivity index (χ1v) is 7.29. The van der Waals surface area contributed by atoms with Crippen LogP contribution >= 0.6 is 11.3 Å². The fraction of sp³-hybridized carbons (Fsp3) is 0.188. The second-order valence-corrected chi connectivity index (χ2v) is 5.75. The Bertz CT molecular complexity index is 683. The smallest absolute Gasteiger partial charge is 0.0982 e. The summed E-state index contributed by atoms with van der Waals surface area (Å²) in [6.07, 6.45) is 1.85. The van der Waals surface area contributed by atoms with Gasteiger partial charge < -0.3 is 5.73 Å². The van der Waals surface area contributed by atoms with Crippen LogP contribution in [0.5, 0.6) is 0 Å². The molecule has 96 valence electrons. The molecule has 2 aromatic carbocycles. The number of hydrogen-bond acceptors (Lipinski definition) is 3. The van der Waals surface area contributed by atoms with Gasteiger partial charge >= 0.3 is 0 Å². The van der Waals surface area contributed by atoms with Gasteiger partial charge in [-0.2, -0.15) is 0 Å². The molecule has 0 saturated heterocycles. The highest BCUT2D eigenvalue weighted by molar-refractivity contribution is 7.18. The van der Waals surface area contributed by atoms with Crippen molar-refractivity contribution in [3.63, 3.8) is 0 Å². The van der Waals surface area contributed by atoms with E-state index >= 15 is 0 Å². The molecule has 0 aliphatic carbocycles. The highest BCUT2D eigenvalue weighted by Crippen LogP contribution is 2.24. The van der Waals surface area contributed by atoms with Gasteiger partial charge in [0.1, 0.15) is 0 Å². The van der Waals surface area contributed by atoms with E-state index in [1.807, 2.05) is 12.1 Å². The Morgan fingerprint density at radius 1 is 1.16 bits per heavy atom. The molecule has 19 heavy (non-hydrogen) atoms. The van der Waals surface area contributed by atoms with E-state index in [-0.39, 0.29) is 0 Å². The predicted molar refractivity (Wildman–Crippen MR) is 82.7 cm³/mol. The number of anilines is 1. The third-order valence-electron chi connectivity index (χ3n) is 3.28. The van der Waals surface area contributed by atoms with E-state index in [1.165, 1.54) is 15.8 Å². The van der Waals surface area contributed by atoms with Crippen molar-refractivity contribution in [2.24, 2.45) is 0 Å². The summed E-state index contributed by atoms with van der Waals surface area (Å²) in [7, 11) is 0. The average Bonchev–Trinajstić information content (AvgIpc) is 2.83. The third kappa shape index (κ3) is 2.47. The molecule has 0 unspecified atom stereocenters. The van der Waals surface area contributed by atoms with Crippen molar-refractivity contribution < 1.29 is 0 Å². The van der Waals surface area contributed by atoms with E-state index in [1.54, 1.807) is 11.3 Å². The summed E-state index contributed by atoms with van der Waals surface area (Å²) in [5, 5.41) is 1.16. The standard InChI is InChI=1S/C16H16N2S/c1-2-12-9-11(7-8-13(12)17)10-16-18-14-5-3-4-6-15(14)19-16/h3-9H,2,10,17H2,1H3. The number of aryl methyl sites for hydroxylation is 1. The molecule has 0 aliphatic heterocycles. The maximum absolute atomic E-state index is 5.94. The zero-order valence-electron chi connectivity index (χ0n) is 10.9. The molecule has 0 fully saturated rings. The molecule has 0 bridgehead atoms. The van der Waals surface area contributed by atoms with Crippen LogP contribution in [0.1, 0.15) is 23.1 Å². The largest absolute Gasteiger partial charge is 0.399 e. The van der Waals surface area contributed by atoms with Crippen LogP contribution in [0.25, 0.3) is 10.2 Å². The minimum Gasteiger partial charge on any atom is -0.399 e. The molecule has 3 heteroatoms. The molecule has 0 spiro atoms. The summed E-state index contributed by atoms with van der Waals surface area (Å²) in [6.45, 7) is 2.13. The Balaban J connectivity index is 1.92. The number of aromatic nitrogens is 1. The van der Waals surface area contributed by atoms with E-state index < -0.39 is 0 Å². The lowest BCUT2D eigenvalue weighted by Crippen LogP contribution is -1.95. The van der Waals surface area contributed by atoms with Gasteiger partial charge in [-0.05, 0) is 35.7 Å². The highest BCUT2D eigenvalue weighted by Gasteiger charge is 2.05. The summed E-state index contributed by atoms with van der Waals surface area (Å²) in [4.78, 5) is 4.67. The molecule has 2 N–H and O–H groups in total. The number of thiazole rings is 1. The molecule has 0 amide bonds. The second kappa shape index (κ2) is 5.02. The third-order valence-corrected chi connectivity index (χ3v) is 4.32. The average molecular weight is 268 g/mol. The number of fused-ring (bicyclic) bond motifs is 1. The lowest BCUT2D eigenvalue weighted by Gasteiger charge is -2.05. The van der Waals surface area contributed by atoms with Crippen LogP contribution in [-0.4, -0.2) is 4.98 Å². The first-order valence-electron chi connectivity index (χ1n) is 6.48. The number of benzene rings is 2. The summed E-state index contributed by atoms with van der Waals surface area (Å²) in [6, 6.07) is 14.6. The van der Waals surface area contributed by atoms with Gasteiger partial charge in [-0.1, -0.05) is 31.2 Å². The molecular weight excluding hydrogens is 252 g/mol. The molecule has 1 heterocycles. The van der Waals surface area contributed by atoms with E-state index in [9.17, 15) is 0 Å². The van der Waals surface area contributed by atoms with Crippen LogP contribution in [0.3, 0.4) is 0 Å². The first-order chi connectivity index (χ1) is 9.26. The van der Waals surface area contributed by atoms with E-state index in [4.69, 9.17) is 5.73 Å². The highest BCUT2D eigenvalue weighted by atomic mass is 32.1. The molecule has 3 aromatic rings. The molecule has 0 saturated carbocycles. The summed E-state index contributed by atoms with van der Waals surface area (Å²) in [5.74, 6) is 0. The van der Waals surface area contributed by atoms with Crippen molar-refractivity contribution in [3.05, 3.63) is 58.6 Å². The lowest BCUT2D eigenvalue weighted by atomic mass is 10.0. The van der Waals surface area contributed by atoms with Gasteiger partial charge in [-0.15, -0.1) is 11.3 Å². The molecule has 0 atom stereocenters. The van der Waals surface area contributed by atoms with Gasteiger partial charge in [0.2, 0.25) is 0 Å². The SMILES string of the molecule is CCc1cc(Cc2nc3ccccc3s2)ccc1N. The van der Waals surface area contributed by atoms with Crippen molar-refractivity contribution in [3.8, 4) is 0 Å². The van der Waals surface area contributed by atoms with Crippen LogP contribution in [-0.2, 0) is 12.8 Å². The van der Waals surface area contributed by atoms with Crippen LogP contribution in [0.4, 0.5) is 5.69 Å². The van der Waals surface area contributed by atoms with E-state index in [2.05, 4.69) is 42.2 Å². The quantitative estimate of drug-likeness (QED) is 0.728. The lowest BCUT2D eigenvalue weighted by molar-refractivity contribution is 1.10. The van der Waals surface area contributed by atoms with Crippen LogP contribution in [0.15, 0.2) is 42.5 Å². The summed E-state index contributed by atoms with van der Waals surface area (Å²) >= 11 is 1.77. The van der Waals surface area contributed by atoms with Crippen molar-refractivity contribution >= 4 is 27.2 Å². The monoisotopic (exact) mass is 268 g/mol. The van der Waals surface area contributed by atoms with Gasteiger partial charge in [-0.3, -0.25) is 0 Å². The molecule has 3 rings (SSSR count). The van der Waals surface area contributed by atoms with Crippen LogP contribution < -0.4 is 5.73 Å². The Morgan fingerprint density at radius 2 is 2.00 bits per heavy atom. The Morgan fingerprint density at radius 3 is 2.79 bits per heavy atom. The Labute approximate surface area is 116 Å². The Kier molecular flexibility index (Phi) is 3.22. The number of para-hydroxylation sites is 1. The predicted octanol–water partition coefficient (Wildman–Crippen LogP) is 4.03. The minimum absolute atomic E-state index is 0.882. The number of hydrogen-bond donors (Lipinski definition) is 1. The van der Waals surface area contributed by atoms with E-state index in [0.717, 1.165) is 29.1 Å². The van der Waals surface area contributed by atoms with Gasteiger partial charge in [-0.25, -0.2) is 4.98 Å². The summed E-state index contributed by atoms with van der Waals surface area (Å²) in [5.41, 5.74) is 10.4. The molecule has 0 aliphatic rings. The zero-order chi connectivity index (χ0) is 13.2. The fourth-order valence-corrected chi connectivity index (χ4v) is 3.25. The van der Waals surface area contributed by atoms with Gasteiger partial charge in [0.15, 0.2) is 0 Å². The maximum atomic E-state index is 5.94. The van der Waals surface area contributed by atoms with E-state index in [0.29, 0.717) is 0 Å². The minimum atomic E-state index is 0.882. The topological polar surface area (TPSA) is 38.9 Å². The van der Waals surface area contributed by atoms with Crippen LogP contribution in [0.2, 0.25) is 0 Å². The van der Waals surface area contributed by atoms with Crippen molar-refractivity contribution in [2.45, 2.75) is 19.8 Å². The number of nitrogen functional groups attached to an aromatic ring is 1. The fourth-order valence-electron chi connectivity index (χ4n) is 2.25. The molecule has 0 radical (unpaired) electrons. The van der Waals surface area contributed by atoms with Crippen molar-refractivity contribution in [2.75, 3.05) is 5.73 Å². The van der Waals surface area contributed by atoms with Crippen molar-refractivity contribution in [1.29, 1.82) is 0 Å². The first kappa shape index (κ1) is 12.2. The molecule has 2 nitrogen and oxygen atoms in total. The number of nitrogens with two attached hydrogens (primary N) is 1. The maximum Gasteiger partial charge on any atom is 0.0982 e.